The summed E-state index contributed by atoms with van der Waals surface area (Å²) >= 11 is 0. The van der Waals surface area contributed by atoms with Gasteiger partial charge in [-0.2, -0.15) is 13.2 Å². The number of halogens is 3. The summed E-state index contributed by atoms with van der Waals surface area (Å²) < 4.78 is 49.2. The molecule has 0 aromatic heterocycles. The highest BCUT2D eigenvalue weighted by atomic mass is 19.4. The highest BCUT2D eigenvalue weighted by Gasteiger charge is 2.34. The molecular weight excluding hydrogens is 381 g/mol. The van der Waals surface area contributed by atoms with Crippen molar-refractivity contribution in [2.24, 2.45) is 0 Å². The topological polar surface area (TPSA) is 81.9 Å². The lowest BCUT2D eigenvalue weighted by molar-refractivity contribution is -0.385. The highest BCUT2D eigenvalue weighted by molar-refractivity contribution is 5.95. The number of nitrogens with zero attached hydrogens (tertiary/aromatic N) is 2. The summed E-state index contributed by atoms with van der Waals surface area (Å²) in [4.78, 5) is 23.7. The molecule has 0 aliphatic carbocycles. The van der Waals surface area contributed by atoms with Gasteiger partial charge in [-0.3, -0.25) is 14.9 Å². The molecule has 1 amide bonds. The van der Waals surface area contributed by atoms with Crippen LogP contribution in [-0.2, 0) is 6.54 Å². The molecule has 0 N–H and O–H groups in total. The first-order chi connectivity index (χ1) is 13.1. The molecule has 0 heterocycles. The maximum absolute atomic E-state index is 13.1. The van der Waals surface area contributed by atoms with Crippen LogP contribution in [0.1, 0.15) is 15.9 Å². The number of carbonyl (C=O) groups excluding carboxylic acids is 1. The van der Waals surface area contributed by atoms with Crippen LogP contribution in [0.25, 0.3) is 0 Å². The van der Waals surface area contributed by atoms with Gasteiger partial charge in [0.2, 0.25) is 0 Å². The van der Waals surface area contributed by atoms with Gasteiger partial charge in [-0.05, 0) is 12.1 Å². The SMILES string of the molecule is COc1cc(OC)cc(C(=O)N(Cc2ccccc2[N+](=O)[O-])CC(F)(F)F)c1. The number of rotatable bonds is 7. The predicted molar refractivity (Wildman–Crippen MR) is 93.4 cm³/mol. The zero-order valence-electron chi connectivity index (χ0n) is 15.0. The molecule has 2 aromatic carbocycles. The van der Waals surface area contributed by atoms with E-state index in [-0.39, 0.29) is 28.3 Å². The van der Waals surface area contributed by atoms with Crippen LogP contribution in [0.2, 0.25) is 0 Å². The Labute approximate surface area is 158 Å². The van der Waals surface area contributed by atoms with E-state index in [0.29, 0.717) is 4.90 Å². The Morgan fingerprint density at radius 1 is 1.11 bits per heavy atom. The molecular formula is C18H17F3N2O5. The predicted octanol–water partition coefficient (Wildman–Crippen LogP) is 3.82. The van der Waals surface area contributed by atoms with Crippen molar-refractivity contribution in [1.29, 1.82) is 0 Å². The van der Waals surface area contributed by atoms with E-state index in [1.807, 2.05) is 0 Å². The molecule has 150 valence electrons. The van der Waals surface area contributed by atoms with E-state index in [4.69, 9.17) is 9.47 Å². The maximum atomic E-state index is 13.1. The number of nitro benzene ring substituents is 1. The minimum atomic E-state index is -4.69. The Balaban J connectivity index is 2.44. The molecule has 0 fully saturated rings. The lowest BCUT2D eigenvalue weighted by Crippen LogP contribution is -2.38. The first kappa shape index (κ1) is 21.0. The van der Waals surface area contributed by atoms with Gasteiger partial charge in [0, 0.05) is 23.3 Å². The molecule has 28 heavy (non-hydrogen) atoms. The molecule has 0 atom stereocenters. The minimum absolute atomic E-state index is 0.0139. The van der Waals surface area contributed by atoms with Crippen molar-refractivity contribution < 1.29 is 32.4 Å². The lowest BCUT2D eigenvalue weighted by atomic mass is 10.1. The number of carbonyl (C=O) groups is 1. The fourth-order valence-electron chi connectivity index (χ4n) is 2.56. The third-order valence-corrected chi connectivity index (χ3v) is 3.81. The summed E-state index contributed by atoms with van der Waals surface area (Å²) in [5.41, 5.74) is -0.482. The van der Waals surface area contributed by atoms with Gasteiger partial charge in [0.1, 0.15) is 18.0 Å². The van der Waals surface area contributed by atoms with E-state index in [9.17, 15) is 28.1 Å². The van der Waals surface area contributed by atoms with Gasteiger partial charge in [-0.25, -0.2) is 0 Å². The Kier molecular flexibility index (Phi) is 6.45. The Morgan fingerprint density at radius 2 is 1.68 bits per heavy atom. The maximum Gasteiger partial charge on any atom is 0.406 e. The zero-order valence-corrected chi connectivity index (χ0v) is 15.0. The standard InChI is InChI=1S/C18H17F3N2O5/c1-27-14-7-13(8-15(9-14)28-2)17(24)22(11-18(19,20)21)10-12-5-3-4-6-16(12)23(25)26/h3-9H,10-11H2,1-2H3. The van der Waals surface area contributed by atoms with E-state index in [0.717, 1.165) is 0 Å². The smallest absolute Gasteiger partial charge is 0.406 e. The number of ether oxygens (including phenoxy) is 2. The molecule has 0 unspecified atom stereocenters. The van der Waals surface area contributed by atoms with Gasteiger partial charge >= 0.3 is 6.18 Å². The van der Waals surface area contributed by atoms with Gasteiger partial charge in [0.05, 0.1) is 25.7 Å². The van der Waals surface area contributed by atoms with Crippen molar-refractivity contribution in [1.82, 2.24) is 4.90 Å². The summed E-state index contributed by atoms with van der Waals surface area (Å²) in [6, 6.07) is 9.33. The average Bonchev–Trinajstić information content (AvgIpc) is 2.65. The number of hydrogen-bond acceptors (Lipinski definition) is 5. The molecule has 7 nitrogen and oxygen atoms in total. The number of hydrogen-bond donors (Lipinski definition) is 0. The van der Waals surface area contributed by atoms with Gasteiger partial charge in [0.25, 0.3) is 11.6 Å². The molecule has 2 aromatic rings. The van der Waals surface area contributed by atoms with Gasteiger partial charge in [0.15, 0.2) is 0 Å². The minimum Gasteiger partial charge on any atom is -0.497 e. The van der Waals surface area contributed by atoms with E-state index < -0.39 is 30.1 Å². The number of amides is 1. The van der Waals surface area contributed by atoms with Crippen LogP contribution < -0.4 is 9.47 Å². The lowest BCUT2D eigenvalue weighted by Gasteiger charge is -2.24. The number of nitro groups is 1. The van der Waals surface area contributed by atoms with E-state index >= 15 is 0 Å². The molecule has 0 aliphatic rings. The normalized spacial score (nSPS) is 11.0. The fraction of sp³-hybridized carbons (Fsp3) is 0.278. The van der Waals surface area contributed by atoms with Crippen molar-refractivity contribution in [2.45, 2.75) is 12.7 Å². The second-order valence-corrected chi connectivity index (χ2v) is 5.76. The van der Waals surface area contributed by atoms with Crippen molar-refractivity contribution in [3.8, 4) is 11.5 Å². The summed E-state index contributed by atoms with van der Waals surface area (Å²) in [7, 11) is 2.67. The van der Waals surface area contributed by atoms with Crippen LogP contribution in [0, 0.1) is 10.1 Å². The van der Waals surface area contributed by atoms with E-state index in [2.05, 4.69) is 0 Å². The van der Waals surface area contributed by atoms with Crippen molar-refractivity contribution in [3.05, 3.63) is 63.7 Å². The molecule has 10 heteroatoms. The Hall–Kier alpha value is -3.30. The molecule has 0 saturated carbocycles. The quantitative estimate of drug-likeness (QED) is 0.523. The summed E-state index contributed by atoms with van der Waals surface area (Å²) in [5, 5.41) is 11.1. The van der Waals surface area contributed by atoms with E-state index in [1.54, 1.807) is 0 Å². The van der Waals surface area contributed by atoms with Crippen LogP contribution in [-0.4, -0.2) is 42.7 Å². The summed E-state index contributed by atoms with van der Waals surface area (Å²) in [6.45, 7) is -2.16. The fourth-order valence-corrected chi connectivity index (χ4v) is 2.56. The summed E-state index contributed by atoms with van der Waals surface area (Å²) in [5.74, 6) is -0.520. The van der Waals surface area contributed by atoms with Crippen LogP contribution in [0.4, 0.5) is 18.9 Å². The molecule has 2 rings (SSSR count). The first-order valence-corrected chi connectivity index (χ1v) is 7.96. The number of para-hydroxylation sites is 1. The number of benzene rings is 2. The van der Waals surface area contributed by atoms with Crippen molar-refractivity contribution in [3.63, 3.8) is 0 Å². The number of methoxy groups -OCH3 is 2. The van der Waals surface area contributed by atoms with E-state index in [1.165, 1.54) is 56.7 Å². The average molecular weight is 398 g/mol. The molecule has 0 aliphatic heterocycles. The molecule has 0 radical (unpaired) electrons. The second kappa shape index (κ2) is 8.59. The van der Waals surface area contributed by atoms with Crippen LogP contribution in [0.5, 0.6) is 11.5 Å². The second-order valence-electron chi connectivity index (χ2n) is 5.76. The third-order valence-electron chi connectivity index (χ3n) is 3.81. The highest BCUT2D eigenvalue weighted by Crippen LogP contribution is 2.27. The largest absolute Gasteiger partial charge is 0.497 e. The Bertz CT molecular complexity index is 848. The van der Waals surface area contributed by atoms with Crippen molar-refractivity contribution >= 4 is 11.6 Å². The number of alkyl halides is 3. The first-order valence-electron chi connectivity index (χ1n) is 7.96. The van der Waals surface area contributed by atoms with Gasteiger partial charge in [-0.1, -0.05) is 18.2 Å². The monoisotopic (exact) mass is 398 g/mol. The van der Waals surface area contributed by atoms with Crippen LogP contribution in [0.3, 0.4) is 0 Å². The molecule has 0 saturated heterocycles. The zero-order chi connectivity index (χ0) is 20.9. The molecule has 0 spiro atoms. The Morgan fingerprint density at radius 3 is 2.18 bits per heavy atom. The van der Waals surface area contributed by atoms with Crippen LogP contribution in [0.15, 0.2) is 42.5 Å². The summed E-state index contributed by atoms with van der Waals surface area (Å²) in [6.07, 6.45) is -4.69. The molecule has 0 bridgehead atoms. The third kappa shape index (κ3) is 5.35. The van der Waals surface area contributed by atoms with Crippen molar-refractivity contribution in [2.75, 3.05) is 20.8 Å². The van der Waals surface area contributed by atoms with Gasteiger partial charge in [-0.15, -0.1) is 0 Å². The van der Waals surface area contributed by atoms with Gasteiger partial charge < -0.3 is 14.4 Å². The van der Waals surface area contributed by atoms with Crippen LogP contribution >= 0.6 is 0 Å².